The van der Waals surface area contributed by atoms with Crippen LogP contribution in [-0.2, 0) is 6.54 Å². The standard InChI is InChI=1S/C17H11ClF2N2O2/c18-12-3-1-11(14(19)6-12)8-22-9-21-7-13(17(22)24)10-2-4-16(23)15(20)5-10/h1-7,9,23H,8H2. The molecule has 0 saturated carbocycles. The van der Waals surface area contributed by atoms with Gasteiger partial charge in [0.05, 0.1) is 18.4 Å². The van der Waals surface area contributed by atoms with Crippen LogP contribution in [0.2, 0.25) is 5.02 Å². The molecule has 7 heteroatoms. The second kappa shape index (κ2) is 6.41. The number of rotatable bonds is 3. The molecule has 0 saturated heterocycles. The highest BCUT2D eigenvalue weighted by atomic mass is 35.5. The molecule has 1 aromatic heterocycles. The van der Waals surface area contributed by atoms with Crippen molar-refractivity contribution in [3.05, 3.63) is 81.5 Å². The Hall–Kier alpha value is -2.73. The molecule has 0 amide bonds. The summed E-state index contributed by atoms with van der Waals surface area (Å²) in [7, 11) is 0. The first-order valence-electron chi connectivity index (χ1n) is 6.93. The average molecular weight is 349 g/mol. The Balaban J connectivity index is 2.02. The molecule has 4 nitrogen and oxygen atoms in total. The van der Waals surface area contributed by atoms with Crippen molar-refractivity contribution in [2.24, 2.45) is 0 Å². The number of phenolic OH excluding ortho intramolecular Hbond substituents is 1. The molecular formula is C17H11ClF2N2O2. The lowest BCUT2D eigenvalue weighted by atomic mass is 10.1. The quantitative estimate of drug-likeness (QED) is 0.787. The van der Waals surface area contributed by atoms with Crippen LogP contribution in [0.3, 0.4) is 0 Å². The fourth-order valence-electron chi connectivity index (χ4n) is 2.27. The van der Waals surface area contributed by atoms with E-state index in [2.05, 4.69) is 4.98 Å². The van der Waals surface area contributed by atoms with Crippen LogP contribution in [0.5, 0.6) is 5.75 Å². The molecule has 1 heterocycles. The largest absolute Gasteiger partial charge is 0.505 e. The summed E-state index contributed by atoms with van der Waals surface area (Å²) in [5.74, 6) is -1.88. The number of halogens is 3. The first kappa shape index (κ1) is 16.1. The minimum Gasteiger partial charge on any atom is -0.505 e. The second-order valence-corrected chi connectivity index (χ2v) is 5.58. The van der Waals surface area contributed by atoms with Gasteiger partial charge in [-0.05, 0) is 29.8 Å². The molecule has 2 aromatic carbocycles. The van der Waals surface area contributed by atoms with E-state index in [1.165, 1.54) is 35.3 Å². The summed E-state index contributed by atoms with van der Waals surface area (Å²) in [5.41, 5.74) is 0.237. The van der Waals surface area contributed by atoms with E-state index in [0.717, 1.165) is 18.2 Å². The van der Waals surface area contributed by atoms with Crippen LogP contribution in [0.15, 0.2) is 53.7 Å². The van der Waals surface area contributed by atoms with Gasteiger partial charge in [-0.3, -0.25) is 9.36 Å². The molecule has 0 bridgehead atoms. The van der Waals surface area contributed by atoms with Gasteiger partial charge in [0.25, 0.3) is 5.56 Å². The number of hydrogen-bond acceptors (Lipinski definition) is 3. The second-order valence-electron chi connectivity index (χ2n) is 5.14. The first-order valence-corrected chi connectivity index (χ1v) is 7.31. The molecule has 0 fully saturated rings. The third-order valence-electron chi connectivity index (χ3n) is 3.52. The van der Waals surface area contributed by atoms with E-state index in [1.807, 2.05) is 0 Å². The smallest absolute Gasteiger partial charge is 0.261 e. The molecule has 3 aromatic rings. The normalized spacial score (nSPS) is 10.8. The molecule has 0 spiro atoms. The molecule has 0 radical (unpaired) electrons. The highest BCUT2D eigenvalue weighted by Crippen LogP contribution is 2.22. The molecule has 3 rings (SSSR count). The number of nitrogens with zero attached hydrogens (tertiary/aromatic N) is 2. The van der Waals surface area contributed by atoms with Crippen LogP contribution < -0.4 is 5.56 Å². The molecular weight excluding hydrogens is 338 g/mol. The van der Waals surface area contributed by atoms with E-state index in [0.29, 0.717) is 0 Å². The number of aromatic hydroxyl groups is 1. The van der Waals surface area contributed by atoms with Crippen LogP contribution in [0.4, 0.5) is 8.78 Å². The van der Waals surface area contributed by atoms with Gasteiger partial charge in [-0.15, -0.1) is 0 Å². The fraction of sp³-hybridized carbons (Fsp3) is 0.0588. The first-order chi connectivity index (χ1) is 11.5. The van der Waals surface area contributed by atoms with Crippen molar-refractivity contribution < 1.29 is 13.9 Å². The van der Waals surface area contributed by atoms with Crippen molar-refractivity contribution in [1.82, 2.24) is 9.55 Å². The third kappa shape index (κ3) is 3.14. The van der Waals surface area contributed by atoms with E-state index >= 15 is 0 Å². The summed E-state index contributed by atoms with van der Waals surface area (Å²) >= 11 is 5.71. The van der Waals surface area contributed by atoms with E-state index in [-0.39, 0.29) is 28.3 Å². The van der Waals surface area contributed by atoms with Gasteiger partial charge in [0.1, 0.15) is 5.82 Å². The summed E-state index contributed by atoms with van der Waals surface area (Å²) in [4.78, 5) is 16.5. The molecule has 0 aliphatic carbocycles. The van der Waals surface area contributed by atoms with Crippen molar-refractivity contribution in [1.29, 1.82) is 0 Å². The molecule has 0 unspecified atom stereocenters. The Kier molecular flexibility index (Phi) is 4.31. The van der Waals surface area contributed by atoms with Gasteiger partial charge in [-0.1, -0.05) is 23.7 Å². The van der Waals surface area contributed by atoms with Gasteiger partial charge in [0.2, 0.25) is 0 Å². The van der Waals surface area contributed by atoms with Crippen molar-refractivity contribution in [2.75, 3.05) is 0 Å². The maximum absolute atomic E-state index is 13.9. The topological polar surface area (TPSA) is 55.1 Å². The molecule has 1 N–H and O–H groups in total. The number of phenols is 1. The SMILES string of the molecule is O=c1c(-c2ccc(O)c(F)c2)cncn1Cc1ccc(Cl)cc1F. The predicted octanol–water partition coefficient (Wildman–Crippen LogP) is 3.60. The van der Waals surface area contributed by atoms with Crippen LogP contribution in [0, 0.1) is 11.6 Å². The Morgan fingerprint density at radius 1 is 1.12 bits per heavy atom. The molecule has 0 aliphatic rings. The fourth-order valence-corrected chi connectivity index (χ4v) is 2.43. The van der Waals surface area contributed by atoms with Gasteiger partial charge < -0.3 is 5.11 Å². The molecule has 0 atom stereocenters. The van der Waals surface area contributed by atoms with Crippen LogP contribution in [-0.4, -0.2) is 14.7 Å². The van der Waals surface area contributed by atoms with Crippen molar-refractivity contribution in [3.8, 4) is 16.9 Å². The van der Waals surface area contributed by atoms with Crippen LogP contribution in [0.1, 0.15) is 5.56 Å². The zero-order chi connectivity index (χ0) is 17.3. The van der Waals surface area contributed by atoms with E-state index < -0.39 is 22.9 Å². The zero-order valence-corrected chi connectivity index (χ0v) is 13.0. The monoisotopic (exact) mass is 348 g/mol. The number of hydrogen-bond donors (Lipinski definition) is 1. The Bertz CT molecular complexity index is 973. The highest BCUT2D eigenvalue weighted by Gasteiger charge is 2.11. The summed E-state index contributed by atoms with van der Waals surface area (Å²) in [6.07, 6.45) is 2.57. The number of aromatic nitrogens is 2. The minimum atomic E-state index is -0.842. The Labute approximate surface area is 140 Å². The van der Waals surface area contributed by atoms with Gasteiger partial charge in [-0.2, -0.15) is 0 Å². The van der Waals surface area contributed by atoms with Gasteiger partial charge in [0, 0.05) is 16.8 Å². The summed E-state index contributed by atoms with van der Waals surface area (Å²) < 4.78 is 28.6. The lowest BCUT2D eigenvalue weighted by molar-refractivity contribution is 0.432. The lowest BCUT2D eigenvalue weighted by Crippen LogP contribution is -2.22. The van der Waals surface area contributed by atoms with E-state index in [9.17, 15) is 18.7 Å². The highest BCUT2D eigenvalue weighted by molar-refractivity contribution is 6.30. The predicted molar refractivity (Wildman–Crippen MR) is 86.1 cm³/mol. The van der Waals surface area contributed by atoms with E-state index in [4.69, 9.17) is 11.6 Å². The Morgan fingerprint density at radius 3 is 2.62 bits per heavy atom. The van der Waals surface area contributed by atoms with Crippen molar-refractivity contribution >= 4 is 11.6 Å². The number of benzene rings is 2. The zero-order valence-electron chi connectivity index (χ0n) is 12.2. The lowest BCUT2D eigenvalue weighted by Gasteiger charge is -2.09. The van der Waals surface area contributed by atoms with Crippen LogP contribution >= 0.6 is 11.6 Å². The van der Waals surface area contributed by atoms with Crippen molar-refractivity contribution in [2.45, 2.75) is 6.54 Å². The molecule has 0 aliphatic heterocycles. The maximum Gasteiger partial charge on any atom is 0.261 e. The van der Waals surface area contributed by atoms with Crippen molar-refractivity contribution in [3.63, 3.8) is 0 Å². The minimum absolute atomic E-state index is 0.0385. The molecule has 122 valence electrons. The summed E-state index contributed by atoms with van der Waals surface area (Å²) in [5, 5.41) is 9.50. The average Bonchev–Trinajstić information content (AvgIpc) is 2.54. The summed E-state index contributed by atoms with van der Waals surface area (Å²) in [6.45, 7) is -0.0385. The molecule has 24 heavy (non-hydrogen) atoms. The Morgan fingerprint density at radius 2 is 1.92 bits per heavy atom. The third-order valence-corrected chi connectivity index (χ3v) is 3.75. The van der Waals surface area contributed by atoms with E-state index in [1.54, 1.807) is 0 Å². The van der Waals surface area contributed by atoms with Gasteiger partial charge in [0.15, 0.2) is 11.6 Å². The summed E-state index contributed by atoms with van der Waals surface area (Å²) in [6, 6.07) is 7.77. The van der Waals surface area contributed by atoms with Gasteiger partial charge in [-0.25, -0.2) is 13.8 Å². The maximum atomic E-state index is 13.9. The van der Waals surface area contributed by atoms with Gasteiger partial charge >= 0.3 is 0 Å². The van der Waals surface area contributed by atoms with Crippen LogP contribution in [0.25, 0.3) is 11.1 Å².